The molecule has 1 aliphatic carbocycles. The molecule has 0 N–H and O–H groups in total. The molecular weight excluding hydrogens is 290 g/mol. The monoisotopic (exact) mass is 309 g/mol. The highest BCUT2D eigenvalue weighted by molar-refractivity contribution is 9.10. The van der Waals surface area contributed by atoms with Crippen molar-refractivity contribution in [2.45, 2.75) is 44.6 Å². The Hall–Kier alpha value is -0.700. The summed E-state index contributed by atoms with van der Waals surface area (Å²) in [6.45, 7) is 2.33. The summed E-state index contributed by atoms with van der Waals surface area (Å²) in [5.74, 6) is 1.06. The normalized spacial score (nSPS) is 20.6. The van der Waals surface area contributed by atoms with Crippen molar-refractivity contribution in [1.82, 2.24) is 0 Å². The fourth-order valence-corrected chi connectivity index (χ4v) is 3.10. The van der Waals surface area contributed by atoms with Crippen molar-refractivity contribution in [2.24, 2.45) is 0 Å². The molecule has 1 saturated heterocycles. The van der Waals surface area contributed by atoms with Crippen LogP contribution < -0.4 is 9.64 Å². The fraction of sp³-hybridized carbons (Fsp3) is 0.600. The summed E-state index contributed by atoms with van der Waals surface area (Å²) in [4.78, 5) is 2.47. The molecule has 1 heterocycles. The molecule has 2 aliphatic rings. The van der Waals surface area contributed by atoms with Crippen molar-refractivity contribution < 1.29 is 4.74 Å². The molecule has 0 spiro atoms. The maximum Gasteiger partial charge on any atom is 0.157 e. The SMILES string of the molecule is Brc1cccc(N2CCCCC2)c1OC1CCC1. The van der Waals surface area contributed by atoms with Crippen LogP contribution in [0.3, 0.4) is 0 Å². The number of benzene rings is 1. The van der Waals surface area contributed by atoms with Gasteiger partial charge in [0.2, 0.25) is 0 Å². The zero-order valence-corrected chi connectivity index (χ0v) is 12.3. The van der Waals surface area contributed by atoms with Gasteiger partial charge in [-0.25, -0.2) is 0 Å². The quantitative estimate of drug-likeness (QED) is 0.822. The average Bonchev–Trinajstić information content (AvgIpc) is 2.36. The van der Waals surface area contributed by atoms with Gasteiger partial charge < -0.3 is 9.64 Å². The Morgan fingerprint density at radius 3 is 2.50 bits per heavy atom. The summed E-state index contributed by atoms with van der Waals surface area (Å²) in [5.41, 5.74) is 1.27. The van der Waals surface area contributed by atoms with Crippen molar-refractivity contribution in [1.29, 1.82) is 0 Å². The van der Waals surface area contributed by atoms with E-state index in [9.17, 15) is 0 Å². The number of para-hydroxylation sites is 1. The lowest BCUT2D eigenvalue weighted by Crippen LogP contribution is -2.31. The molecule has 3 heteroatoms. The summed E-state index contributed by atoms with van der Waals surface area (Å²) in [5, 5.41) is 0. The molecule has 0 atom stereocenters. The number of rotatable bonds is 3. The van der Waals surface area contributed by atoms with Gasteiger partial charge >= 0.3 is 0 Å². The molecule has 0 unspecified atom stereocenters. The average molecular weight is 310 g/mol. The van der Waals surface area contributed by atoms with Gasteiger partial charge in [-0.1, -0.05) is 6.07 Å². The van der Waals surface area contributed by atoms with Gasteiger partial charge in [-0.15, -0.1) is 0 Å². The Balaban J connectivity index is 1.84. The van der Waals surface area contributed by atoms with Crippen LogP contribution in [0.5, 0.6) is 5.75 Å². The summed E-state index contributed by atoms with van der Waals surface area (Å²) < 4.78 is 7.27. The molecule has 1 aromatic rings. The zero-order chi connectivity index (χ0) is 12.4. The Kier molecular flexibility index (Phi) is 3.78. The summed E-state index contributed by atoms with van der Waals surface area (Å²) >= 11 is 3.64. The lowest BCUT2D eigenvalue weighted by molar-refractivity contribution is 0.120. The van der Waals surface area contributed by atoms with Gasteiger partial charge in [0.25, 0.3) is 0 Å². The molecule has 0 radical (unpaired) electrons. The molecule has 1 aromatic carbocycles. The van der Waals surface area contributed by atoms with Crippen LogP contribution in [-0.2, 0) is 0 Å². The van der Waals surface area contributed by atoms with Gasteiger partial charge in [0.15, 0.2) is 5.75 Å². The number of anilines is 1. The third-order valence-corrected chi connectivity index (χ3v) is 4.60. The van der Waals surface area contributed by atoms with Crippen LogP contribution in [0.4, 0.5) is 5.69 Å². The molecule has 0 amide bonds. The molecule has 3 rings (SSSR count). The van der Waals surface area contributed by atoms with E-state index in [1.54, 1.807) is 0 Å². The van der Waals surface area contributed by atoms with Crippen LogP contribution >= 0.6 is 15.9 Å². The number of hydrogen-bond donors (Lipinski definition) is 0. The number of piperidine rings is 1. The second-order valence-corrected chi connectivity index (χ2v) is 6.16. The number of halogens is 1. The summed E-state index contributed by atoms with van der Waals surface area (Å²) in [6.07, 6.45) is 8.14. The van der Waals surface area contributed by atoms with Crippen LogP contribution in [0.2, 0.25) is 0 Å². The molecular formula is C15H20BrNO. The molecule has 18 heavy (non-hydrogen) atoms. The third-order valence-electron chi connectivity index (χ3n) is 3.98. The van der Waals surface area contributed by atoms with Gasteiger partial charge in [-0.05, 0) is 66.6 Å². The topological polar surface area (TPSA) is 12.5 Å². The second kappa shape index (κ2) is 5.52. The maximum absolute atomic E-state index is 6.18. The first kappa shape index (κ1) is 12.3. The van der Waals surface area contributed by atoms with E-state index in [0.29, 0.717) is 6.10 Å². The predicted molar refractivity (Wildman–Crippen MR) is 78.5 cm³/mol. The molecule has 0 bridgehead atoms. The van der Waals surface area contributed by atoms with Gasteiger partial charge in [-0.2, -0.15) is 0 Å². The van der Waals surface area contributed by atoms with Gasteiger partial charge in [0, 0.05) is 13.1 Å². The van der Waals surface area contributed by atoms with Crippen molar-refractivity contribution >= 4 is 21.6 Å². The highest BCUT2D eigenvalue weighted by atomic mass is 79.9. The summed E-state index contributed by atoms with van der Waals surface area (Å²) in [7, 11) is 0. The van der Waals surface area contributed by atoms with Gasteiger partial charge in [0.05, 0.1) is 16.3 Å². The van der Waals surface area contributed by atoms with Crippen molar-refractivity contribution in [3.8, 4) is 5.75 Å². The standard InChI is InChI=1S/C15H20BrNO/c16-13-8-5-9-14(17-10-2-1-3-11-17)15(13)18-12-6-4-7-12/h5,8-9,12H,1-4,6-7,10-11H2. The number of nitrogens with zero attached hydrogens (tertiary/aromatic N) is 1. The molecule has 0 aromatic heterocycles. The molecule has 2 nitrogen and oxygen atoms in total. The highest BCUT2D eigenvalue weighted by Crippen LogP contribution is 2.39. The molecule has 1 saturated carbocycles. The van der Waals surface area contributed by atoms with E-state index in [-0.39, 0.29) is 0 Å². The van der Waals surface area contributed by atoms with E-state index >= 15 is 0 Å². The lowest BCUT2D eigenvalue weighted by Gasteiger charge is -2.33. The van der Waals surface area contributed by atoms with E-state index in [1.807, 2.05) is 0 Å². The predicted octanol–water partition coefficient (Wildman–Crippen LogP) is 4.37. The minimum Gasteiger partial charge on any atom is -0.487 e. The fourth-order valence-electron chi connectivity index (χ4n) is 2.65. The van der Waals surface area contributed by atoms with E-state index in [2.05, 4.69) is 39.0 Å². The zero-order valence-electron chi connectivity index (χ0n) is 10.7. The first-order valence-electron chi connectivity index (χ1n) is 7.05. The second-order valence-electron chi connectivity index (χ2n) is 5.31. The Morgan fingerprint density at radius 1 is 1.06 bits per heavy atom. The molecule has 2 fully saturated rings. The lowest BCUT2D eigenvalue weighted by atomic mass is 9.96. The first-order valence-corrected chi connectivity index (χ1v) is 7.84. The summed E-state index contributed by atoms with van der Waals surface area (Å²) in [6, 6.07) is 6.40. The number of ether oxygens (including phenoxy) is 1. The van der Waals surface area contributed by atoms with Crippen molar-refractivity contribution in [3.63, 3.8) is 0 Å². The van der Waals surface area contributed by atoms with Crippen LogP contribution in [-0.4, -0.2) is 19.2 Å². The highest BCUT2D eigenvalue weighted by Gasteiger charge is 2.23. The van der Waals surface area contributed by atoms with Crippen LogP contribution in [0.25, 0.3) is 0 Å². The van der Waals surface area contributed by atoms with E-state index in [0.717, 1.165) is 23.3 Å². The van der Waals surface area contributed by atoms with Gasteiger partial charge in [0.1, 0.15) is 0 Å². The van der Waals surface area contributed by atoms with E-state index in [4.69, 9.17) is 4.74 Å². The van der Waals surface area contributed by atoms with E-state index in [1.165, 1.54) is 44.2 Å². The van der Waals surface area contributed by atoms with Crippen molar-refractivity contribution in [3.05, 3.63) is 22.7 Å². The maximum atomic E-state index is 6.18. The largest absolute Gasteiger partial charge is 0.487 e. The molecule has 98 valence electrons. The third kappa shape index (κ3) is 2.51. The van der Waals surface area contributed by atoms with Crippen molar-refractivity contribution in [2.75, 3.05) is 18.0 Å². The van der Waals surface area contributed by atoms with Crippen LogP contribution in [0, 0.1) is 0 Å². The Morgan fingerprint density at radius 2 is 1.83 bits per heavy atom. The molecule has 1 aliphatic heterocycles. The van der Waals surface area contributed by atoms with E-state index < -0.39 is 0 Å². The van der Waals surface area contributed by atoms with Crippen LogP contribution in [0.1, 0.15) is 38.5 Å². The minimum absolute atomic E-state index is 0.437. The number of hydrogen-bond acceptors (Lipinski definition) is 2. The minimum atomic E-state index is 0.437. The Labute approximate surface area is 117 Å². The first-order chi connectivity index (χ1) is 8.84. The van der Waals surface area contributed by atoms with Crippen LogP contribution in [0.15, 0.2) is 22.7 Å². The Bertz CT molecular complexity index is 411. The smallest absolute Gasteiger partial charge is 0.157 e. The van der Waals surface area contributed by atoms with Gasteiger partial charge in [-0.3, -0.25) is 0 Å².